The highest BCUT2D eigenvalue weighted by Gasteiger charge is 2.33. The van der Waals surface area contributed by atoms with Crippen LogP contribution in [0.15, 0.2) is 43.0 Å². The average Bonchev–Trinajstić information content (AvgIpc) is 3.13. The van der Waals surface area contributed by atoms with E-state index in [9.17, 15) is 4.57 Å². The standard InChI is InChI=1S/C17H20N5O5P/c18-16-15-17(20-10-19-16)22(11-21-15)6-7-24-12-28(23)25-8-14(9-26-28)27-13-4-2-1-3-5-13/h1-5,10-11,14H,6-9,12H2,(H2,18,19,20). The molecule has 0 aliphatic carbocycles. The second-order valence-corrected chi connectivity index (χ2v) is 8.16. The van der Waals surface area contributed by atoms with E-state index in [-0.39, 0.29) is 32.3 Å². The van der Waals surface area contributed by atoms with Crippen molar-refractivity contribution >= 4 is 24.6 Å². The highest BCUT2D eigenvalue weighted by molar-refractivity contribution is 7.53. The molecule has 1 aliphatic heterocycles. The first kappa shape index (κ1) is 18.8. The molecule has 0 saturated carbocycles. The van der Waals surface area contributed by atoms with Gasteiger partial charge in [-0.3, -0.25) is 4.57 Å². The van der Waals surface area contributed by atoms with Crippen molar-refractivity contribution in [3.8, 4) is 5.75 Å². The zero-order valence-corrected chi connectivity index (χ0v) is 15.9. The number of fused-ring (bicyclic) bond motifs is 1. The maximum atomic E-state index is 12.6. The van der Waals surface area contributed by atoms with E-state index >= 15 is 0 Å². The number of rotatable bonds is 7. The molecule has 0 radical (unpaired) electrons. The van der Waals surface area contributed by atoms with Gasteiger partial charge in [0.2, 0.25) is 0 Å². The fourth-order valence-electron chi connectivity index (χ4n) is 2.71. The van der Waals surface area contributed by atoms with E-state index in [4.69, 9.17) is 24.3 Å². The summed E-state index contributed by atoms with van der Waals surface area (Å²) < 4.78 is 36.4. The lowest BCUT2D eigenvalue weighted by molar-refractivity contribution is 0.0188. The van der Waals surface area contributed by atoms with Gasteiger partial charge in [-0.15, -0.1) is 0 Å². The number of hydrogen-bond acceptors (Lipinski definition) is 9. The number of hydrogen-bond donors (Lipinski definition) is 1. The van der Waals surface area contributed by atoms with Crippen molar-refractivity contribution in [2.75, 3.05) is 31.9 Å². The molecule has 2 N–H and O–H groups in total. The van der Waals surface area contributed by atoms with Crippen LogP contribution in [0.4, 0.5) is 5.82 Å². The quantitative estimate of drug-likeness (QED) is 0.465. The molecule has 1 saturated heterocycles. The molecule has 3 heterocycles. The Balaban J connectivity index is 1.23. The normalized spacial score (nSPS) is 22.4. The topological polar surface area (TPSA) is 124 Å². The zero-order chi connectivity index (χ0) is 19.4. The highest BCUT2D eigenvalue weighted by Crippen LogP contribution is 2.50. The van der Waals surface area contributed by atoms with E-state index in [2.05, 4.69) is 15.0 Å². The van der Waals surface area contributed by atoms with Crippen molar-refractivity contribution in [2.24, 2.45) is 0 Å². The third kappa shape index (κ3) is 4.31. The number of anilines is 1. The minimum atomic E-state index is -3.29. The van der Waals surface area contributed by atoms with Gasteiger partial charge in [0.1, 0.15) is 30.0 Å². The Hall–Kier alpha value is -2.52. The van der Waals surface area contributed by atoms with Crippen molar-refractivity contribution in [1.29, 1.82) is 0 Å². The summed E-state index contributed by atoms with van der Waals surface area (Å²) in [7, 11) is -3.29. The van der Waals surface area contributed by atoms with Gasteiger partial charge in [-0.05, 0) is 12.1 Å². The van der Waals surface area contributed by atoms with E-state index < -0.39 is 7.60 Å². The number of aromatic nitrogens is 4. The lowest BCUT2D eigenvalue weighted by Gasteiger charge is -2.29. The van der Waals surface area contributed by atoms with Gasteiger partial charge in [0.15, 0.2) is 11.5 Å². The van der Waals surface area contributed by atoms with Gasteiger partial charge in [0.05, 0.1) is 26.1 Å². The Bertz CT molecular complexity index is 970. The van der Waals surface area contributed by atoms with Crippen LogP contribution in [0.1, 0.15) is 0 Å². The number of ether oxygens (including phenoxy) is 2. The molecule has 1 aliphatic rings. The summed E-state index contributed by atoms with van der Waals surface area (Å²) >= 11 is 0. The molecule has 2 aromatic heterocycles. The molecule has 0 spiro atoms. The number of benzene rings is 1. The molecule has 0 unspecified atom stereocenters. The summed E-state index contributed by atoms with van der Waals surface area (Å²) in [4.78, 5) is 12.2. The second-order valence-electron chi connectivity index (χ2n) is 6.16. The molecule has 3 aromatic rings. The third-order valence-corrected chi connectivity index (χ3v) is 5.70. The van der Waals surface area contributed by atoms with E-state index in [0.717, 1.165) is 0 Å². The van der Waals surface area contributed by atoms with Gasteiger partial charge in [-0.1, -0.05) is 18.2 Å². The van der Waals surface area contributed by atoms with Crippen molar-refractivity contribution in [3.05, 3.63) is 43.0 Å². The Morgan fingerprint density at radius 2 is 1.96 bits per heavy atom. The fourth-order valence-corrected chi connectivity index (χ4v) is 4.08. The van der Waals surface area contributed by atoms with Gasteiger partial charge in [-0.2, -0.15) is 0 Å². The van der Waals surface area contributed by atoms with E-state index in [1.807, 2.05) is 30.3 Å². The smallest absolute Gasteiger partial charge is 0.356 e. The van der Waals surface area contributed by atoms with Crippen LogP contribution in [0.3, 0.4) is 0 Å². The monoisotopic (exact) mass is 405 g/mol. The van der Waals surface area contributed by atoms with E-state index in [0.29, 0.717) is 29.3 Å². The summed E-state index contributed by atoms with van der Waals surface area (Å²) in [6.07, 6.45) is 2.55. The largest absolute Gasteiger partial charge is 0.486 e. The Labute approximate surface area is 161 Å². The van der Waals surface area contributed by atoms with Crippen LogP contribution < -0.4 is 10.5 Å². The summed E-state index contributed by atoms with van der Waals surface area (Å²) in [6, 6.07) is 9.34. The van der Waals surface area contributed by atoms with Gasteiger partial charge in [-0.25, -0.2) is 15.0 Å². The van der Waals surface area contributed by atoms with Crippen LogP contribution in [0, 0.1) is 0 Å². The van der Waals surface area contributed by atoms with Gasteiger partial charge >= 0.3 is 7.60 Å². The Morgan fingerprint density at radius 3 is 2.75 bits per heavy atom. The minimum absolute atomic E-state index is 0.130. The third-order valence-electron chi connectivity index (χ3n) is 4.12. The van der Waals surface area contributed by atoms with Crippen LogP contribution in [0.2, 0.25) is 0 Å². The van der Waals surface area contributed by atoms with Crippen molar-refractivity contribution in [2.45, 2.75) is 12.6 Å². The van der Waals surface area contributed by atoms with Crippen LogP contribution >= 0.6 is 7.60 Å². The molecule has 148 valence electrons. The number of nitrogens with zero attached hydrogens (tertiary/aromatic N) is 4. The lowest BCUT2D eigenvalue weighted by atomic mass is 10.3. The maximum absolute atomic E-state index is 12.6. The summed E-state index contributed by atoms with van der Waals surface area (Å²) in [5, 5.41) is 0. The minimum Gasteiger partial charge on any atom is -0.486 e. The Kier molecular flexibility index (Phi) is 5.54. The van der Waals surface area contributed by atoms with Gasteiger partial charge in [0.25, 0.3) is 0 Å². The number of imidazole rings is 1. The molecule has 1 fully saturated rings. The lowest BCUT2D eigenvalue weighted by Crippen LogP contribution is -2.32. The molecule has 10 nitrogen and oxygen atoms in total. The summed E-state index contributed by atoms with van der Waals surface area (Å²) in [6.45, 7) is 1.11. The molecule has 1 aromatic carbocycles. The molecule has 0 bridgehead atoms. The first-order valence-electron chi connectivity index (χ1n) is 8.72. The van der Waals surface area contributed by atoms with Crippen molar-refractivity contribution in [1.82, 2.24) is 19.5 Å². The van der Waals surface area contributed by atoms with E-state index in [1.165, 1.54) is 6.33 Å². The predicted molar refractivity (Wildman–Crippen MR) is 101 cm³/mol. The number of nitrogens with two attached hydrogens (primary N) is 1. The predicted octanol–water partition coefficient (Wildman–Crippen LogP) is 2.07. The number of para-hydroxylation sites is 1. The molecule has 28 heavy (non-hydrogen) atoms. The van der Waals surface area contributed by atoms with Crippen LogP contribution in [0.5, 0.6) is 5.75 Å². The van der Waals surface area contributed by atoms with Gasteiger partial charge in [0, 0.05) is 6.54 Å². The van der Waals surface area contributed by atoms with Crippen LogP contribution in [-0.4, -0.2) is 51.8 Å². The molecular formula is C17H20N5O5P. The summed E-state index contributed by atoms with van der Waals surface area (Å²) in [5.74, 6) is 1.04. The van der Waals surface area contributed by atoms with Crippen molar-refractivity contribution < 1.29 is 23.1 Å². The van der Waals surface area contributed by atoms with Crippen LogP contribution in [-0.2, 0) is 24.9 Å². The summed E-state index contributed by atoms with van der Waals surface area (Å²) in [5.41, 5.74) is 6.92. The first-order chi connectivity index (χ1) is 13.6. The molecule has 0 atom stereocenters. The zero-order valence-electron chi connectivity index (χ0n) is 15.0. The molecule has 0 amide bonds. The van der Waals surface area contributed by atoms with Crippen LogP contribution in [0.25, 0.3) is 11.2 Å². The SMILES string of the molecule is Nc1ncnc2c1ncn2CCOCP1(=O)OCC(Oc2ccccc2)CO1. The molecular weight excluding hydrogens is 385 g/mol. The fraction of sp³-hybridized carbons (Fsp3) is 0.353. The first-order valence-corrected chi connectivity index (χ1v) is 10.4. The van der Waals surface area contributed by atoms with E-state index in [1.54, 1.807) is 10.9 Å². The highest BCUT2D eigenvalue weighted by atomic mass is 31.2. The second kappa shape index (κ2) is 8.24. The maximum Gasteiger partial charge on any atom is 0.356 e. The molecule has 11 heteroatoms. The Morgan fingerprint density at radius 1 is 1.18 bits per heavy atom. The number of nitrogen functional groups attached to an aromatic ring is 1. The van der Waals surface area contributed by atoms with Gasteiger partial charge < -0.3 is 28.8 Å². The molecule has 4 rings (SSSR count). The van der Waals surface area contributed by atoms with Crippen molar-refractivity contribution in [3.63, 3.8) is 0 Å². The average molecular weight is 405 g/mol.